The van der Waals surface area contributed by atoms with Crippen LogP contribution < -0.4 is 18.7 Å². The number of carbonyl (C=O) groups is 1. The van der Waals surface area contributed by atoms with Crippen LogP contribution in [0.2, 0.25) is 5.02 Å². The monoisotopic (exact) mass is 495 g/mol. The van der Waals surface area contributed by atoms with Gasteiger partial charge in [0.2, 0.25) is 0 Å². The van der Waals surface area contributed by atoms with E-state index in [1.54, 1.807) is 0 Å². The molecule has 0 N–H and O–H groups in total. The Morgan fingerprint density at radius 2 is 1.79 bits per heavy atom. The van der Waals surface area contributed by atoms with Crippen molar-refractivity contribution >= 4 is 39.2 Å². The number of hydrogen-bond donors (Lipinski definition) is 0. The van der Waals surface area contributed by atoms with Crippen LogP contribution in [0.15, 0.2) is 53.4 Å². The summed E-state index contributed by atoms with van der Waals surface area (Å²) in [4.78, 5) is 18.4. The Morgan fingerprint density at radius 1 is 1.06 bits per heavy atom. The smallest absolute Gasteiger partial charge is 0.344 e. The van der Waals surface area contributed by atoms with Crippen molar-refractivity contribution in [1.29, 1.82) is 0 Å². The zero-order valence-corrected chi connectivity index (χ0v) is 18.8. The fourth-order valence-corrected chi connectivity index (χ4v) is 5.20. The third-order valence-corrected chi connectivity index (χ3v) is 7.00. The quantitative estimate of drug-likeness (QED) is 0.522. The highest BCUT2D eigenvalue weighted by molar-refractivity contribution is 7.94. The lowest BCUT2D eigenvalue weighted by Crippen LogP contribution is -2.51. The normalized spacial score (nSPS) is 14.8. The lowest BCUT2D eigenvalue weighted by atomic mass is 10.1. The SMILES string of the molecule is COc1ccc(N2C(=O)N(Cc3c(F)cc(F)cc3Cl)c3ccccc3S2(=O)=O)nc1OC. The van der Waals surface area contributed by atoms with E-state index < -0.39 is 34.2 Å². The minimum Gasteiger partial charge on any atom is -0.491 e. The Bertz CT molecular complexity index is 1350. The number of methoxy groups -OCH3 is 2. The summed E-state index contributed by atoms with van der Waals surface area (Å²) >= 11 is 6.02. The van der Waals surface area contributed by atoms with Gasteiger partial charge in [0.05, 0.1) is 31.5 Å². The molecule has 0 spiro atoms. The molecule has 0 aliphatic carbocycles. The van der Waals surface area contributed by atoms with Crippen molar-refractivity contribution in [3.8, 4) is 11.6 Å². The van der Waals surface area contributed by atoms with Crippen molar-refractivity contribution in [1.82, 2.24) is 4.98 Å². The van der Waals surface area contributed by atoms with E-state index in [1.807, 2.05) is 0 Å². The predicted molar refractivity (Wildman–Crippen MR) is 116 cm³/mol. The number of carbonyl (C=O) groups excluding carboxylic acids is 1. The number of anilines is 2. The van der Waals surface area contributed by atoms with E-state index in [9.17, 15) is 22.0 Å². The highest BCUT2D eigenvalue weighted by Gasteiger charge is 2.43. The van der Waals surface area contributed by atoms with Crippen LogP contribution in [-0.4, -0.2) is 33.7 Å². The number of urea groups is 1. The Labute approximate surface area is 193 Å². The van der Waals surface area contributed by atoms with Crippen molar-refractivity contribution in [2.24, 2.45) is 0 Å². The van der Waals surface area contributed by atoms with Gasteiger partial charge in [0.1, 0.15) is 16.5 Å². The second-order valence-electron chi connectivity index (χ2n) is 6.83. The zero-order valence-electron chi connectivity index (χ0n) is 17.3. The third-order valence-electron chi connectivity index (χ3n) is 4.93. The van der Waals surface area contributed by atoms with E-state index in [0.717, 1.165) is 11.0 Å². The van der Waals surface area contributed by atoms with E-state index in [-0.39, 0.29) is 38.6 Å². The number of halogens is 3. The highest BCUT2D eigenvalue weighted by Crippen LogP contribution is 2.39. The van der Waals surface area contributed by atoms with E-state index in [4.69, 9.17) is 21.1 Å². The van der Waals surface area contributed by atoms with Crippen molar-refractivity contribution < 1.29 is 31.5 Å². The van der Waals surface area contributed by atoms with Gasteiger partial charge in [-0.3, -0.25) is 4.90 Å². The van der Waals surface area contributed by atoms with Gasteiger partial charge in [-0.2, -0.15) is 9.29 Å². The third kappa shape index (κ3) is 3.83. The minimum absolute atomic E-state index is 0.0130. The number of aromatic nitrogens is 1. The Morgan fingerprint density at radius 3 is 2.45 bits per heavy atom. The lowest BCUT2D eigenvalue weighted by molar-refractivity contribution is 0.253. The standard InChI is InChI=1S/C21H16ClF2N3O5S/c1-31-17-7-8-19(25-20(17)32-2)27-21(28)26(11-13-14(22)9-12(23)10-15(13)24)16-5-3-4-6-18(16)33(27,29)30/h3-10H,11H2,1-2H3. The molecule has 0 saturated heterocycles. The summed E-state index contributed by atoms with van der Waals surface area (Å²) in [6.07, 6.45) is 0. The molecule has 0 fully saturated rings. The summed E-state index contributed by atoms with van der Waals surface area (Å²) in [5, 5.41) is -0.248. The first-order valence-electron chi connectivity index (χ1n) is 9.37. The molecule has 2 aromatic carbocycles. The van der Waals surface area contributed by atoms with E-state index in [2.05, 4.69) is 4.98 Å². The number of rotatable bonds is 5. The first kappa shape index (κ1) is 22.7. The average Bonchev–Trinajstić information content (AvgIpc) is 2.77. The molecule has 12 heteroatoms. The van der Waals surface area contributed by atoms with Crippen LogP contribution in [0, 0.1) is 11.6 Å². The van der Waals surface area contributed by atoms with Crippen LogP contribution in [0.4, 0.5) is 25.1 Å². The number of ether oxygens (including phenoxy) is 2. The van der Waals surface area contributed by atoms with Crippen molar-refractivity contribution in [3.63, 3.8) is 0 Å². The molecule has 3 aromatic rings. The van der Waals surface area contributed by atoms with Gasteiger partial charge in [-0.15, -0.1) is 0 Å². The molecule has 4 rings (SSSR count). The van der Waals surface area contributed by atoms with Gasteiger partial charge in [-0.25, -0.2) is 22.0 Å². The van der Waals surface area contributed by atoms with Gasteiger partial charge in [-0.1, -0.05) is 23.7 Å². The van der Waals surface area contributed by atoms with Crippen LogP contribution in [0.3, 0.4) is 0 Å². The van der Waals surface area contributed by atoms with Crippen LogP contribution in [0.5, 0.6) is 11.6 Å². The lowest BCUT2D eigenvalue weighted by Gasteiger charge is -2.35. The largest absolute Gasteiger partial charge is 0.491 e. The fraction of sp³-hybridized carbons (Fsp3) is 0.143. The topological polar surface area (TPSA) is 89.0 Å². The van der Waals surface area contributed by atoms with Gasteiger partial charge in [-0.05, 0) is 30.3 Å². The van der Waals surface area contributed by atoms with E-state index >= 15 is 0 Å². The summed E-state index contributed by atoms with van der Waals surface area (Å²) < 4.78 is 65.4. The summed E-state index contributed by atoms with van der Waals surface area (Å²) in [5.74, 6) is -1.95. The number of nitrogens with zero attached hydrogens (tertiary/aromatic N) is 3. The molecule has 8 nitrogen and oxygen atoms in total. The molecular weight excluding hydrogens is 480 g/mol. The zero-order chi connectivity index (χ0) is 23.9. The molecule has 0 unspecified atom stereocenters. The van der Waals surface area contributed by atoms with Gasteiger partial charge in [0.15, 0.2) is 11.6 Å². The summed E-state index contributed by atoms with van der Waals surface area (Å²) in [6.45, 7) is -0.458. The number of hydrogen-bond acceptors (Lipinski definition) is 6. The average molecular weight is 496 g/mol. The van der Waals surface area contributed by atoms with Crippen LogP contribution in [0.1, 0.15) is 5.56 Å². The second kappa shape index (κ2) is 8.49. The minimum atomic E-state index is -4.39. The molecule has 0 atom stereocenters. The Hall–Kier alpha value is -3.44. The van der Waals surface area contributed by atoms with Crippen molar-refractivity contribution in [3.05, 3.63) is 70.8 Å². The van der Waals surface area contributed by atoms with Gasteiger partial charge in [0.25, 0.3) is 15.9 Å². The molecule has 0 bridgehead atoms. The molecule has 1 aliphatic heterocycles. The van der Waals surface area contributed by atoms with Gasteiger partial charge >= 0.3 is 6.03 Å². The molecule has 1 aliphatic rings. The number of fused-ring (bicyclic) bond motifs is 1. The maximum Gasteiger partial charge on any atom is 0.344 e. The van der Waals surface area contributed by atoms with Crippen LogP contribution in [-0.2, 0) is 16.6 Å². The number of amides is 2. The predicted octanol–water partition coefficient (Wildman–Crippen LogP) is 4.37. The maximum atomic E-state index is 14.5. The van der Waals surface area contributed by atoms with E-state index in [1.165, 1.54) is 50.6 Å². The highest BCUT2D eigenvalue weighted by atomic mass is 35.5. The van der Waals surface area contributed by atoms with Gasteiger partial charge < -0.3 is 9.47 Å². The number of sulfonamides is 1. The molecule has 1 aromatic heterocycles. The van der Waals surface area contributed by atoms with E-state index in [0.29, 0.717) is 10.4 Å². The number of para-hydroxylation sites is 1. The number of benzene rings is 2. The molecular formula is C21H16ClF2N3O5S. The number of pyridine rings is 1. The van der Waals surface area contributed by atoms with Crippen LogP contribution >= 0.6 is 11.6 Å². The molecule has 33 heavy (non-hydrogen) atoms. The first-order chi connectivity index (χ1) is 15.7. The molecule has 2 amide bonds. The summed E-state index contributed by atoms with van der Waals surface area (Å²) in [6, 6.07) is 8.89. The Balaban J connectivity index is 1.89. The van der Waals surface area contributed by atoms with Gasteiger partial charge in [0, 0.05) is 11.6 Å². The summed E-state index contributed by atoms with van der Waals surface area (Å²) in [7, 11) is -1.70. The molecule has 0 radical (unpaired) electrons. The van der Waals surface area contributed by atoms with Crippen LogP contribution in [0.25, 0.3) is 0 Å². The second-order valence-corrected chi connectivity index (χ2v) is 9.00. The molecule has 0 saturated carbocycles. The van der Waals surface area contributed by atoms with Crippen molar-refractivity contribution in [2.75, 3.05) is 23.4 Å². The first-order valence-corrected chi connectivity index (χ1v) is 11.2. The fourth-order valence-electron chi connectivity index (χ4n) is 3.40. The maximum absolute atomic E-state index is 14.5. The summed E-state index contributed by atoms with van der Waals surface area (Å²) in [5.41, 5.74) is -0.167. The molecule has 2 heterocycles. The van der Waals surface area contributed by atoms with Crippen molar-refractivity contribution in [2.45, 2.75) is 11.4 Å². The molecule has 172 valence electrons. The Kier molecular flexibility index (Phi) is 5.85.